The number of nitrogens with zero attached hydrogens (tertiary/aromatic N) is 2. The van der Waals surface area contributed by atoms with Gasteiger partial charge >= 0.3 is 0 Å². The third-order valence-electron chi connectivity index (χ3n) is 10.8. The van der Waals surface area contributed by atoms with Gasteiger partial charge in [0.15, 0.2) is 0 Å². The van der Waals surface area contributed by atoms with Crippen LogP contribution in [0, 0.1) is 0 Å². The van der Waals surface area contributed by atoms with Gasteiger partial charge < -0.3 is 14.0 Å². The number of pyridine rings is 1. The Bertz CT molecular complexity index is 2850. The van der Waals surface area contributed by atoms with Crippen LogP contribution in [0.2, 0.25) is 0 Å². The molecule has 1 atom stereocenters. The molecule has 52 heavy (non-hydrogen) atoms. The Hall–Kier alpha value is -6.91. The average molecular weight is 667 g/mol. The zero-order valence-corrected chi connectivity index (χ0v) is 28.0. The van der Waals surface area contributed by atoms with Crippen LogP contribution in [0.25, 0.3) is 49.9 Å². The summed E-state index contributed by atoms with van der Waals surface area (Å²) in [6, 6.07) is 62.1. The Morgan fingerprint density at radius 3 is 1.90 bits per heavy atom. The van der Waals surface area contributed by atoms with Gasteiger partial charge in [-0.25, -0.2) is 0 Å². The predicted octanol–water partition coefficient (Wildman–Crippen LogP) is 12.1. The second-order valence-corrected chi connectivity index (χ2v) is 13.4. The Kier molecular flexibility index (Phi) is 6.13. The molecule has 4 heteroatoms. The molecule has 0 amide bonds. The third kappa shape index (κ3) is 3.95. The van der Waals surface area contributed by atoms with Gasteiger partial charge in [-0.3, -0.25) is 4.98 Å². The van der Waals surface area contributed by atoms with E-state index in [2.05, 4.69) is 167 Å². The van der Waals surface area contributed by atoms with Crippen LogP contribution in [-0.2, 0) is 5.41 Å². The molecule has 2 aromatic heterocycles. The summed E-state index contributed by atoms with van der Waals surface area (Å²) in [7, 11) is 0. The van der Waals surface area contributed by atoms with E-state index in [1.54, 1.807) is 0 Å². The standard InChI is InChI=1S/C48H30N2O2/c1-2-14-32(15-3-1)50-41-23-7-4-16-33(41)35-18-12-19-36(47(35)50)34-17-13-26-44-46(34)48(37-20-5-8-24-42(37)51-44)38-21-6-9-25-43(38)52-45-30-31(27-28-39(45)48)40-22-10-11-29-49-40/h1-30H. The van der Waals surface area contributed by atoms with Crippen LogP contribution in [0.15, 0.2) is 182 Å². The van der Waals surface area contributed by atoms with E-state index in [0.29, 0.717) is 0 Å². The van der Waals surface area contributed by atoms with Crippen LogP contribution >= 0.6 is 0 Å². The van der Waals surface area contributed by atoms with Crippen molar-refractivity contribution in [2.75, 3.05) is 0 Å². The summed E-state index contributed by atoms with van der Waals surface area (Å²) in [5.74, 6) is 3.28. The van der Waals surface area contributed by atoms with E-state index in [1.807, 2.05) is 24.4 Å². The van der Waals surface area contributed by atoms with Gasteiger partial charge in [-0.05, 0) is 60.2 Å². The van der Waals surface area contributed by atoms with E-state index in [4.69, 9.17) is 9.47 Å². The molecule has 0 fully saturated rings. The number of benzene rings is 7. The lowest BCUT2D eigenvalue weighted by molar-refractivity contribution is 0.400. The summed E-state index contributed by atoms with van der Waals surface area (Å²) < 4.78 is 16.2. The van der Waals surface area contributed by atoms with Crippen LogP contribution in [0.4, 0.5) is 0 Å². The number of fused-ring (bicyclic) bond motifs is 11. The minimum atomic E-state index is -0.765. The number of rotatable bonds is 3. The summed E-state index contributed by atoms with van der Waals surface area (Å²) in [5.41, 5.74) is 11.1. The lowest BCUT2D eigenvalue weighted by Gasteiger charge is -2.45. The highest BCUT2D eigenvalue weighted by molar-refractivity contribution is 6.14. The van der Waals surface area contributed by atoms with Crippen molar-refractivity contribution in [3.63, 3.8) is 0 Å². The first-order valence-corrected chi connectivity index (χ1v) is 17.6. The fraction of sp³-hybridized carbons (Fsp3) is 0.0208. The highest BCUT2D eigenvalue weighted by Crippen LogP contribution is 2.63. The summed E-state index contributed by atoms with van der Waals surface area (Å²) in [5, 5.41) is 2.42. The van der Waals surface area contributed by atoms with Crippen molar-refractivity contribution in [2.24, 2.45) is 0 Å². The van der Waals surface area contributed by atoms with E-state index in [-0.39, 0.29) is 0 Å². The number of para-hydroxylation sites is 5. The van der Waals surface area contributed by atoms with Crippen LogP contribution in [0.3, 0.4) is 0 Å². The highest BCUT2D eigenvalue weighted by atomic mass is 16.5. The third-order valence-corrected chi connectivity index (χ3v) is 10.8. The van der Waals surface area contributed by atoms with E-state index in [1.165, 1.54) is 16.3 Å². The average Bonchev–Trinajstić information content (AvgIpc) is 3.56. The Balaban J connectivity index is 1.29. The molecule has 0 saturated heterocycles. The first-order chi connectivity index (χ1) is 25.8. The van der Waals surface area contributed by atoms with Crippen molar-refractivity contribution < 1.29 is 9.47 Å². The maximum Gasteiger partial charge on any atom is 0.132 e. The van der Waals surface area contributed by atoms with Gasteiger partial charge in [0, 0.05) is 56.0 Å². The Morgan fingerprint density at radius 1 is 0.462 bits per heavy atom. The molecule has 0 aliphatic carbocycles. The van der Waals surface area contributed by atoms with Gasteiger partial charge in [0.2, 0.25) is 0 Å². The highest BCUT2D eigenvalue weighted by Gasteiger charge is 2.52. The van der Waals surface area contributed by atoms with Crippen LogP contribution in [0.5, 0.6) is 23.0 Å². The van der Waals surface area contributed by atoms with Gasteiger partial charge in [0.05, 0.1) is 22.1 Å². The lowest BCUT2D eigenvalue weighted by Crippen LogP contribution is -2.37. The normalized spacial score (nSPS) is 15.3. The second-order valence-electron chi connectivity index (χ2n) is 13.4. The SMILES string of the molecule is c1ccc(-n2c3ccccc3c3cccc(-c4cccc5c4C4(c6ccccc6Oc6cc(-c7ccccn7)ccc64)c4ccccc4O5)c32)cc1. The van der Waals surface area contributed by atoms with E-state index in [9.17, 15) is 0 Å². The molecule has 244 valence electrons. The molecule has 2 aliphatic rings. The predicted molar refractivity (Wildman–Crippen MR) is 208 cm³/mol. The Labute approximate surface area is 300 Å². The van der Waals surface area contributed by atoms with Crippen molar-refractivity contribution in [3.8, 4) is 51.1 Å². The molecule has 1 unspecified atom stereocenters. The van der Waals surface area contributed by atoms with Gasteiger partial charge in [-0.15, -0.1) is 0 Å². The molecule has 0 saturated carbocycles. The van der Waals surface area contributed by atoms with Crippen LogP contribution in [-0.4, -0.2) is 9.55 Å². The van der Waals surface area contributed by atoms with Crippen molar-refractivity contribution >= 4 is 21.8 Å². The molecule has 7 aromatic carbocycles. The van der Waals surface area contributed by atoms with Crippen molar-refractivity contribution in [3.05, 3.63) is 204 Å². The van der Waals surface area contributed by atoms with Crippen molar-refractivity contribution in [1.82, 2.24) is 9.55 Å². The van der Waals surface area contributed by atoms with Crippen LogP contribution < -0.4 is 9.47 Å². The first-order valence-electron chi connectivity index (χ1n) is 17.6. The molecule has 1 spiro atoms. The van der Waals surface area contributed by atoms with E-state index < -0.39 is 5.41 Å². The molecule has 4 heterocycles. The van der Waals surface area contributed by atoms with Gasteiger partial charge in [0.25, 0.3) is 0 Å². The van der Waals surface area contributed by atoms with Crippen LogP contribution in [0.1, 0.15) is 22.3 Å². The van der Waals surface area contributed by atoms with Crippen molar-refractivity contribution in [2.45, 2.75) is 5.41 Å². The fourth-order valence-corrected chi connectivity index (χ4v) is 8.73. The minimum absolute atomic E-state index is 0.765. The summed E-state index contributed by atoms with van der Waals surface area (Å²) in [6.07, 6.45) is 1.83. The molecule has 0 bridgehead atoms. The molecular formula is C48H30N2O2. The Morgan fingerprint density at radius 2 is 1.10 bits per heavy atom. The monoisotopic (exact) mass is 666 g/mol. The second kappa shape index (κ2) is 11.0. The number of hydrogen-bond acceptors (Lipinski definition) is 3. The number of hydrogen-bond donors (Lipinski definition) is 0. The molecule has 2 aliphatic heterocycles. The summed E-state index contributed by atoms with van der Waals surface area (Å²) in [6.45, 7) is 0. The quantitative estimate of drug-likeness (QED) is 0.188. The summed E-state index contributed by atoms with van der Waals surface area (Å²) in [4.78, 5) is 4.67. The number of ether oxygens (including phenoxy) is 2. The maximum atomic E-state index is 6.92. The molecule has 11 rings (SSSR count). The molecular weight excluding hydrogens is 637 g/mol. The van der Waals surface area contributed by atoms with E-state index >= 15 is 0 Å². The minimum Gasteiger partial charge on any atom is -0.457 e. The van der Waals surface area contributed by atoms with E-state index in [0.717, 1.165) is 78.8 Å². The molecule has 0 N–H and O–H groups in total. The first kappa shape index (κ1) is 28.9. The van der Waals surface area contributed by atoms with Crippen molar-refractivity contribution in [1.29, 1.82) is 0 Å². The molecule has 9 aromatic rings. The van der Waals surface area contributed by atoms with Gasteiger partial charge in [-0.1, -0.05) is 121 Å². The maximum absolute atomic E-state index is 6.92. The lowest BCUT2D eigenvalue weighted by atomic mass is 9.60. The zero-order valence-electron chi connectivity index (χ0n) is 28.0. The number of aromatic nitrogens is 2. The molecule has 0 radical (unpaired) electrons. The zero-order chi connectivity index (χ0) is 34.2. The smallest absolute Gasteiger partial charge is 0.132 e. The summed E-state index contributed by atoms with van der Waals surface area (Å²) >= 11 is 0. The topological polar surface area (TPSA) is 36.3 Å². The molecule has 4 nitrogen and oxygen atoms in total. The largest absolute Gasteiger partial charge is 0.457 e. The fourth-order valence-electron chi connectivity index (χ4n) is 8.73. The van der Waals surface area contributed by atoms with Gasteiger partial charge in [0.1, 0.15) is 23.0 Å². The van der Waals surface area contributed by atoms with Gasteiger partial charge in [-0.2, -0.15) is 0 Å².